The Morgan fingerprint density at radius 3 is 2.59 bits per heavy atom. The van der Waals surface area contributed by atoms with Crippen molar-refractivity contribution < 1.29 is 0 Å². The average Bonchev–Trinajstić information content (AvgIpc) is 2.80. The Bertz CT molecular complexity index is 367. The third kappa shape index (κ3) is 1.90. The van der Waals surface area contributed by atoms with E-state index >= 15 is 0 Å². The first-order valence-electron chi connectivity index (χ1n) is 7.09. The van der Waals surface area contributed by atoms with Crippen LogP contribution in [0.3, 0.4) is 0 Å². The molecule has 0 saturated heterocycles. The summed E-state index contributed by atoms with van der Waals surface area (Å²) < 4.78 is 0. The van der Waals surface area contributed by atoms with Crippen molar-refractivity contribution in [2.75, 3.05) is 6.54 Å². The first-order chi connectivity index (χ1) is 8.34. The van der Waals surface area contributed by atoms with Crippen LogP contribution < -0.4 is 5.73 Å². The quantitative estimate of drug-likeness (QED) is 0.843. The number of imidazole rings is 1. The van der Waals surface area contributed by atoms with Gasteiger partial charge in [0.05, 0.1) is 0 Å². The van der Waals surface area contributed by atoms with E-state index in [0.29, 0.717) is 0 Å². The highest BCUT2D eigenvalue weighted by Crippen LogP contribution is 2.42. The summed E-state index contributed by atoms with van der Waals surface area (Å²) in [6, 6.07) is 0. The van der Waals surface area contributed by atoms with E-state index in [0.717, 1.165) is 18.3 Å². The van der Waals surface area contributed by atoms with Crippen molar-refractivity contribution in [3.05, 3.63) is 17.7 Å². The van der Waals surface area contributed by atoms with Gasteiger partial charge in [0.1, 0.15) is 5.82 Å². The monoisotopic (exact) mass is 233 g/mol. The lowest BCUT2D eigenvalue weighted by atomic mass is 9.68. The maximum absolute atomic E-state index is 5.93. The predicted molar refractivity (Wildman–Crippen MR) is 69.0 cm³/mol. The summed E-state index contributed by atoms with van der Waals surface area (Å²) in [5.41, 5.74) is 7.48. The van der Waals surface area contributed by atoms with Gasteiger partial charge in [0.2, 0.25) is 0 Å². The third-order valence-corrected chi connectivity index (χ3v) is 4.84. The van der Waals surface area contributed by atoms with Gasteiger partial charge in [-0.25, -0.2) is 4.98 Å². The van der Waals surface area contributed by atoms with E-state index in [9.17, 15) is 0 Å². The van der Waals surface area contributed by atoms with Crippen molar-refractivity contribution in [3.63, 3.8) is 0 Å². The zero-order chi connectivity index (χ0) is 11.7. The molecule has 1 aromatic heterocycles. The average molecular weight is 233 g/mol. The summed E-state index contributed by atoms with van der Waals surface area (Å²) in [7, 11) is 0. The van der Waals surface area contributed by atoms with Crippen LogP contribution in [0.1, 0.15) is 68.8 Å². The Morgan fingerprint density at radius 1 is 1.24 bits per heavy atom. The van der Waals surface area contributed by atoms with Crippen molar-refractivity contribution in [1.82, 2.24) is 9.97 Å². The lowest BCUT2D eigenvalue weighted by molar-refractivity contribution is 0.239. The van der Waals surface area contributed by atoms with Crippen LogP contribution in [0, 0.1) is 0 Å². The van der Waals surface area contributed by atoms with E-state index in [2.05, 4.69) is 16.2 Å². The number of aromatic amines is 1. The zero-order valence-electron chi connectivity index (χ0n) is 10.5. The topological polar surface area (TPSA) is 54.7 Å². The van der Waals surface area contributed by atoms with E-state index in [1.807, 2.05) is 0 Å². The van der Waals surface area contributed by atoms with E-state index in [1.54, 1.807) is 0 Å². The van der Waals surface area contributed by atoms with Crippen LogP contribution in [-0.2, 0) is 5.41 Å². The second-order valence-corrected chi connectivity index (χ2v) is 5.86. The van der Waals surface area contributed by atoms with Gasteiger partial charge in [-0.05, 0) is 25.7 Å². The number of hydrogen-bond donors (Lipinski definition) is 2. The number of rotatable bonds is 3. The molecule has 2 saturated carbocycles. The van der Waals surface area contributed by atoms with E-state index in [-0.39, 0.29) is 5.41 Å². The van der Waals surface area contributed by atoms with Crippen LogP contribution in [0.2, 0.25) is 0 Å². The van der Waals surface area contributed by atoms with Gasteiger partial charge in [-0.15, -0.1) is 0 Å². The largest absolute Gasteiger partial charge is 0.345 e. The molecule has 1 heterocycles. The third-order valence-electron chi connectivity index (χ3n) is 4.84. The fourth-order valence-electron chi connectivity index (χ4n) is 3.37. The van der Waals surface area contributed by atoms with Crippen molar-refractivity contribution in [3.8, 4) is 0 Å². The van der Waals surface area contributed by atoms with Gasteiger partial charge in [-0.2, -0.15) is 0 Å². The summed E-state index contributed by atoms with van der Waals surface area (Å²) in [6.45, 7) is 0.741. The van der Waals surface area contributed by atoms with Crippen molar-refractivity contribution in [2.45, 2.75) is 62.7 Å². The molecule has 3 N–H and O–H groups in total. The summed E-state index contributed by atoms with van der Waals surface area (Å²) >= 11 is 0. The molecule has 1 aromatic rings. The van der Waals surface area contributed by atoms with Crippen LogP contribution in [0.5, 0.6) is 0 Å². The van der Waals surface area contributed by atoms with Crippen LogP contribution in [0.4, 0.5) is 0 Å². The van der Waals surface area contributed by atoms with E-state index in [1.165, 1.54) is 57.1 Å². The first-order valence-corrected chi connectivity index (χ1v) is 7.09. The highest BCUT2D eigenvalue weighted by Gasteiger charge is 2.40. The number of nitrogens with zero attached hydrogens (tertiary/aromatic N) is 1. The Balaban J connectivity index is 1.77. The molecule has 0 bridgehead atoms. The van der Waals surface area contributed by atoms with Crippen LogP contribution in [0.15, 0.2) is 6.20 Å². The maximum Gasteiger partial charge on any atom is 0.113 e. The molecule has 0 aromatic carbocycles. The van der Waals surface area contributed by atoms with E-state index in [4.69, 9.17) is 5.73 Å². The summed E-state index contributed by atoms with van der Waals surface area (Å²) in [5, 5.41) is 0. The van der Waals surface area contributed by atoms with Crippen LogP contribution >= 0.6 is 0 Å². The summed E-state index contributed by atoms with van der Waals surface area (Å²) in [4.78, 5) is 8.21. The molecular formula is C14H23N3. The molecule has 3 heteroatoms. The molecule has 0 amide bonds. The first kappa shape index (κ1) is 11.3. The molecular weight excluding hydrogens is 210 g/mol. The number of nitrogens with one attached hydrogen (secondary N) is 1. The lowest BCUT2D eigenvalue weighted by Crippen LogP contribution is -2.42. The van der Waals surface area contributed by atoms with Crippen molar-refractivity contribution in [1.29, 1.82) is 0 Å². The van der Waals surface area contributed by atoms with Gasteiger partial charge in [-0.1, -0.05) is 25.7 Å². The zero-order valence-corrected chi connectivity index (χ0v) is 10.5. The second-order valence-electron chi connectivity index (χ2n) is 5.86. The molecule has 3 nitrogen and oxygen atoms in total. The standard InChI is InChI=1S/C14H23N3/c15-10-14(7-4-8-14)13-16-9-12(17-13)11-5-2-1-3-6-11/h9,11H,1-8,10,15H2,(H,16,17). The Kier molecular flexibility index (Phi) is 2.95. The van der Waals surface area contributed by atoms with Crippen LogP contribution in [-0.4, -0.2) is 16.5 Å². The molecule has 0 spiro atoms. The summed E-state index contributed by atoms with van der Waals surface area (Å²) in [6.07, 6.45) is 12.6. The molecule has 94 valence electrons. The van der Waals surface area contributed by atoms with Crippen molar-refractivity contribution >= 4 is 0 Å². The molecule has 0 unspecified atom stereocenters. The minimum absolute atomic E-state index is 0.187. The lowest BCUT2D eigenvalue weighted by Gasteiger charge is -2.39. The molecule has 2 aliphatic carbocycles. The SMILES string of the molecule is NCC1(c2ncc(C3CCCCC3)[nH]2)CCC1. The smallest absolute Gasteiger partial charge is 0.113 e. The van der Waals surface area contributed by atoms with Crippen molar-refractivity contribution in [2.24, 2.45) is 5.73 Å². The predicted octanol–water partition coefficient (Wildman–Crippen LogP) is 2.84. The van der Waals surface area contributed by atoms with Gasteiger partial charge in [0.25, 0.3) is 0 Å². The van der Waals surface area contributed by atoms with Gasteiger partial charge in [-0.3, -0.25) is 0 Å². The van der Waals surface area contributed by atoms with Crippen LogP contribution in [0.25, 0.3) is 0 Å². The Labute approximate surface area is 103 Å². The molecule has 3 rings (SSSR count). The molecule has 0 atom stereocenters. The van der Waals surface area contributed by atoms with Gasteiger partial charge < -0.3 is 10.7 Å². The minimum Gasteiger partial charge on any atom is -0.345 e. The molecule has 0 radical (unpaired) electrons. The number of H-pyrrole nitrogens is 1. The minimum atomic E-state index is 0.187. The van der Waals surface area contributed by atoms with E-state index < -0.39 is 0 Å². The fourth-order valence-corrected chi connectivity index (χ4v) is 3.37. The Morgan fingerprint density at radius 2 is 2.00 bits per heavy atom. The normalized spacial score (nSPS) is 24.5. The maximum atomic E-state index is 5.93. The molecule has 0 aliphatic heterocycles. The highest BCUT2D eigenvalue weighted by molar-refractivity contribution is 5.19. The molecule has 17 heavy (non-hydrogen) atoms. The second kappa shape index (κ2) is 4.45. The van der Waals surface area contributed by atoms with Gasteiger partial charge in [0, 0.05) is 29.8 Å². The fraction of sp³-hybridized carbons (Fsp3) is 0.786. The summed E-state index contributed by atoms with van der Waals surface area (Å²) in [5.74, 6) is 1.88. The number of hydrogen-bond acceptors (Lipinski definition) is 2. The van der Waals surface area contributed by atoms with Gasteiger partial charge >= 0.3 is 0 Å². The number of aromatic nitrogens is 2. The molecule has 2 aliphatic rings. The van der Waals surface area contributed by atoms with Gasteiger partial charge in [0.15, 0.2) is 0 Å². The number of nitrogens with two attached hydrogens (primary N) is 1. The molecule has 2 fully saturated rings. The highest BCUT2D eigenvalue weighted by atomic mass is 15.0. The Hall–Kier alpha value is -0.830.